The molecule has 0 fully saturated rings. The van der Waals surface area contributed by atoms with E-state index in [9.17, 15) is 21.6 Å². The number of hydrogen-bond acceptors (Lipinski definition) is 8. The Labute approximate surface area is 183 Å². The standard InChI is InChI=1S/C19H20N2O7S3/c1-4-28-18(22)12-21-16-10-9-15(30(3,23)24)11-17(16)29-19(21)20-31(25,26)14-7-5-13(27-2)6-8-14/h5-11H,4,12H2,1-3H3/b20-19-. The van der Waals surface area contributed by atoms with E-state index in [1.165, 1.54) is 54.1 Å². The van der Waals surface area contributed by atoms with Crippen LogP contribution in [0.5, 0.6) is 5.75 Å². The van der Waals surface area contributed by atoms with Crippen molar-refractivity contribution in [1.82, 2.24) is 4.57 Å². The van der Waals surface area contributed by atoms with Gasteiger partial charge in [-0.25, -0.2) is 8.42 Å². The van der Waals surface area contributed by atoms with Crippen molar-refractivity contribution in [1.29, 1.82) is 0 Å². The van der Waals surface area contributed by atoms with E-state index in [1.807, 2.05) is 0 Å². The Morgan fingerprint density at radius 2 is 1.71 bits per heavy atom. The van der Waals surface area contributed by atoms with Crippen molar-refractivity contribution >= 4 is 47.4 Å². The summed E-state index contributed by atoms with van der Waals surface area (Å²) in [6.45, 7) is 1.55. The number of thiazole rings is 1. The number of aromatic nitrogens is 1. The number of methoxy groups -OCH3 is 1. The lowest BCUT2D eigenvalue weighted by molar-refractivity contribution is -0.143. The molecule has 0 saturated carbocycles. The SMILES string of the molecule is CCOC(=O)Cn1/c(=N/S(=O)(=O)c2ccc(OC)cc2)sc2cc(S(C)(=O)=O)ccc21. The third kappa shape index (κ3) is 5.14. The highest BCUT2D eigenvalue weighted by Crippen LogP contribution is 2.23. The fraction of sp³-hybridized carbons (Fsp3) is 0.263. The molecule has 0 aliphatic carbocycles. The highest BCUT2D eigenvalue weighted by atomic mass is 32.2. The highest BCUT2D eigenvalue weighted by Gasteiger charge is 2.18. The second-order valence-electron chi connectivity index (χ2n) is 6.42. The maximum atomic E-state index is 12.8. The Morgan fingerprint density at radius 1 is 1.06 bits per heavy atom. The van der Waals surface area contributed by atoms with Crippen LogP contribution in [0.2, 0.25) is 0 Å². The number of sulfonamides is 1. The monoisotopic (exact) mass is 484 g/mol. The summed E-state index contributed by atoms with van der Waals surface area (Å²) < 4.78 is 65.3. The second kappa shape index (κ2) is 8.81. The van der Waals surface area contributed by atoms with E-state index in [2.05, 4.69) is 4.40 Å². The molecular weight excluding hydrogens is 464 g/mol. The molecular formula is C19H20N2O7S3. The van der Waals surface area contributed by atoms with Gasteiger partial charge in [-0.2, -0.15) is 8.42 Å². The summed E-state index contributed by atoms with van der Waals surface area (Å²) in [6.07, 6.45) is 1.08. The molecule has 3 rings (SSSR count). The number of benzene rings is 2. The molecule has 12 heteroatoms. The molecule has 0 radical (unpaired) electrons. The topological polar surface area (TPSA) is 121 Å². The van der Waals surface area contributed by atoms with Gasteiger partial charge in [0.25, 0.3) is 10.0 Å². The minimum absolute atomic E-state index is 0.0181. The molecule has 0 bridgehead atoms. The molecule has 0 unspecified atom stereocenters. The molecule has 3 aromatic rings. The molecule has 0 saturated heterocycles. The van der Waals surface area contributed by atoms with E-state index >= 15 is 0 Å². The molecule has 0 spiro atoms. The van der Waals surface area contributed by atoms with Crippen LogP contribution in [-0.2, 0) is 35.9 Å². The first-order valence-corrected chi connectivity index (χ1v) is 13.1. The normalized spacial score (nSPS) is 12.8. The third-order valence-corrected chi connectivity index (χ3v) is 7.78. The van der Waals surface area contributed by atoms with Crippen LogP contribution in [0.4, 0.5) is 0 Å². The molecule has 0 aliphatic heterocycles. The quantitative estimate of drug-likeness (QED) is 0.470. The third-order valence-electron chi connectivity index (χ3n) is 4.23. The zero-order valence-electron chi connectivity index (χ0n) is 16.9. The number of hydrogen-bond donors (Lipinski definition) is 0. The minimum Gasteiger partial charge on any atom is -0.497 e. The van der Waals surface area contributed by atoms with Crippen molar-refractivity contribution in [3.8, 4) is 5.75 Å². The summed E-state index contributed by atoms with van der Waals surface area (Å²) >= 11 is 0.964. The molecule has 0 atom stereocenters. The molecule has 0 amide bonds. The van der Waals surface area contributed by atoms with E-state index in [1.54, 1.807) is 6.92 Å². The average molecular weight is 485 g/mol. The molecule has 31 heavy (non-hydrogen) atoms. The van der Waals surface area contributed by atoms with Gasteiger partial charge < -0.3 is 14.0 Å². The van der Waals surface area contributed by atoms with Gasteiger partial charge in [-0.1, -0.05) is 11.3 Å². The van der Waals surface area contributed by atoms with Crippen molar-refractivity contribution in [3.05, 3.63) is 47.3 Å². The van der Waals surface area contributed by atoms with Gasteiger partial charge in [-0.15, -0.1) is 4.40 Å². The zero-order chi connectivity index (χ0) is 22.8. The predicted molar refractivity (Wildman–Crippen MR) is 115 cm³/mol. The number of carbonyl (C=O) groups excluding carboxylic acids is 1. The van der Waals surface area contributed by atoms with Crippen LogP contribution in [0.3, 0.4) is 0 Å². The molecule has 1 heterocycles. The maximum Gasteiger partial charge on any atom is 0.326 e. The van der Waals surface area contributed by atoms with Crippen LogP contribution in [-0.4, -0.2) is 47.3 Å². The summed E-state index contributed by atoms with van der Waals surface area (Å²) in [6, 6.07) is 10.1. The van der Waals surface area contributed by atoms with Crippen molar-refractivity contribution in [2.45, 2.75) is 23.3 Å². The first kappa shape index (κ1) is 23.0. The van der Waals surface area contributed by atoms with Gasteiger partial charge in [0.05, 0.1) is 33.7 Å². The summed E-state index contributed by atoms with van der Waals surface area (Å²) in [5.74, 6) is -0.0795. The Balaban J connectivity index is 2.21. The lowest BCUT2D eigenvalue weighted by Crippen LogP contribution is -2.23. The lowest BCUT2D eigenvalue weighted by atomic mass is 10.3. The molecule has 0 aliphatic rings. The number of nitrogens with zero attached hydrogens (tertiary/aromatic N) is 2. The van der Waals surface area contributed by atoms with Crippen LogP contribution in [0.15, 0.2) is 56.7 Å². The van der Waals surface area contributed by atoms with Crippen molar-refractivity contribution in [3.63, 3.8) is 0 Å². The fourth-order valence-corrected chi connectivity index (χ4v) is 5.74. The summed E-state index contributed by atoms with van der Waals surface area (Å²) in [5.41, 5.74) is 0.467. The largest absolute Gasteiger partial charge is 0.497 e. The first-order valence-electron chi connectivity index (χ1n) is 8.99. The summed E-state index contributed by atoms with van der Waals surface area (Å²) in [7, 11) is -6.11. The summed E-state index contributed by atoms with van der Waals surface area (Å²) in [4.78, 5) is 12.1. The van der Waals surface area contributed by atoms with Gasteiger partial charge in [0, 0.05) is 6.26 Å². The number of fused-ring (bicyclic) bond motifs is 1. The van der Waals surface area contributed by atoms with Crippen LogP contribution < -0.4 is 9.54 Å². The van der Waals surface area contributed by atoms with Gasteiger partial charge in [-0.3, -0.25) is 4.79 Å². The van der Waals surface area contributed by atoms with E-state index in [0.717, 1.165) is 17.6 Å². The van der Waals surface area contributed by atoms with Crippen molar-refractivity contribution in [2.24, 2.45) is 4.40 Å². The number of rotatable bonds is 7. The second-order valence-corrected chi connectivity index (χ2v) is 11.0. The van der Waals surface area contributed by atoms with E-state index in [0.29, 0.717) is 16.0 Å². The van der Waals surface area contributed by atoms with Gasteiger partial charge in [0.2, 0.25) is 4.80 Å². The minimum atomic E-state index is -4.11. The Hall–Kier alpha value is -2.70. The van der Waals surface area contributed by atoms with Gasteiger partial charge in [0.15, 0.2) is 9.84 Å². The smallest absolute Gasteiger partial charge is 0.326 e. The molecule has 1 aromatic heterocycles. The number of esters is 1. The Bertz CT molecular complexity index is 1400. The van der Waals surface area contributed by atoms with Crippen molar-refractivity contribution < 1.29 is 31.1 Å². The van der Waals surface area contributed by atoms with E-state index in [4.69, 9.17) is 9.47 Å². The van der Waals surface area contributed by atoms with Gasteiger partial charge in [0.1, 0.15) is 12.3 Å². The first-order chi connectivity index (χ1) is 14.5. The van der Waals surface area contributed by atoms with Crippen LogP contribution in [0.25, 0.3) is 10.2 Å². The van der Waals surface area contributed by atoms with E-state index < -0.39 is 25.8 Å². The predicted octanol–water partition coefficient (Wildman–Crippen LogP) is 1.97. The Morgan fingerprint density at radius 3 is 2.29 bits per heavy atom. The number of ether oxygens (including phenoxy) is 2. The summed E-state index contributed by atoms with van der Waals surface area (Å²) in [5, 5.41) is 0. The maximum absolute atomic E-state index is 12.8. The number of carbonyl (C=O) groups is 1. The Kier molecular flexibility index (Phi) is 6.53. The van der Waals surface area contributed by atoms with Gasteiger partial charge in [-0.05, 0) is 49.4 Å². The molecule has 0 N–H and O–H groups in total. The van der Waals surface area contributed by atoms with E-state index in [-0.39, 0.29) is 27.7 Å². The van der Waals surface area contributed by atoms with Crippen LogP contribution >= 0.6 is 11.3 Å². The molecule has 166 valence electrons. The average Bonchev–Trinajstić information content (AvgIpc) is 3.03. The molecule has 9 nitrogen and oxygen atoms in total. The van der Waals surface area contributed by atoms with Crippen LogP contribution in [0, 0.1) is 0 Å². The van der Waals surface area contributed by atoms with Crippen LogP contribution in [0.1, 0.15) is 6.92 Å². The fourth-order valence-electron chi connectivity index (χ4n) is 2.75. The number of sulfone groups is 1. The van der Waals surface area contributed by atoms with Gasteiger partial charge >= 0.3 is 5.97 Å². The lowest BCUT2D eigenvalue weighted by Gasteiger charge is -2.06. The highest BCUT2D eigenvalue weighted by molar-refractivity contribution is 7.90. The zero-order valence-corrected chi connectivity index (χ0v) is 19.4. The molecule has 2 aromatic carbocycles. The van der Waals surface area contributed by atoms with Crippen molar-refractivity contribution in [2.75, 3.05) is 20.0 Å².